The van der Waals surface area contributed by atoms with Crippen LogP contribution in [-0.2, 0) is 30.8 Å². The summed E-state index contributed by atoms with van der Waals surface area (Å²) in [5.74, 6) is -4.51. The number of hydrogen-bond donors (Lipinski definition) is 4. The van der Waals surface area contributed by atoms with Crippen LogP contribution >= 0.6 is 0 Å². The Hall–Kier alpha value is -4.81. The summed E-state index contributed by atoms with van der Waals surface area (Å²) >= 11 is 0. The van der Waals surface area contributed by atoms with E-state index in [0.29, 0.717) is 33.9 Å². The number of nitrogens with one attached hydrogen (secondary N) is 3. The third kappa shape index (κ3) is 8.87. The quantitative estimate of drug-likeness (QED) is 0.262. The number of carbonyl (C=O) groups is 3. The standard InChI is InChI=1S/C24H23F3N4O6S.C2HF3O2/c1-36-18-8-7-15(10-19(18)37-2)17-12-28-22(29-17)16(30-23(33)24(25,26)27)9-13-3-5-14(6-4-13)20-11-21(32)31-38(20,34)35;3-2(4,5)1(6)7/h3-8,10,12,16,20H,9,11H2,1-2H3,(H,28,29)(H,30,33)(H,31,32);(H,6,7). The number of alkyl halides is 6. The van der Waals surface area contributed by atoms with E-state index in [4.69, 9.17) is 19.4 Å². The van der Waals surface area contributed by atoms with Gasteiger partial charge in [-0.25, -0.2) is 18.2 Å². The minimum Gasteiger partial charge on any atom is -0.493 e. The lowest BCUT2D eigenvalue weighted by Crippen LogP contribution is -2.40. The van der Waals surface area contributed by atoms with Crippen molar-refractivity contribution < 1.29 is 63.7 Å². The number of carboxylic acids is 1. The van der Waals surface area contributed by atoms with Crippen LogP contribution in [0.3, 0.4) is 0 Å². The third-order valence-corrected chi connectivity index (χ3v) is 7.92. The lowest BCUT2D eigenvalue weighted by atomic mass is 10.0. The predicted molar refractivity (Wildman–Crippen MR) is 142 cm³/mol. The number of carbonyl (C=O) groups excluding carboxylic acids is 2. The van der Waals surface area contributed by atoms with Gasteiger partial charge in [0.05, 0.1) is 38.6 Å². The Bertz CT molecular complexity index is 1660. The number of imidazole rings is 1. The molecule has 244 valence electrons. The number of carboxylic acid groups (broad SMARTS) is 1. The monoisotopic (exact) mass is 666 g/mol. The van der Waals surface area contributed by atoms with Crippen molar-refractivity contribution in [1.29, 1.82) is 0 Å². The van der Waals surface area contributed by atoms with Gasteiger partial charge in [-0.3, -0.25) is 14.3 Å². The summed E-state index contributed by atoms with van der Waals surface area (Å²) in [4.78, 5) is 39.4. The first-order valence-electron chi connectivity index (χ1n) is 12.4. The van der Waals surface area contributed by atoms with Crippen LogP contribution in [0.2, 0.25) is 0 Å². The molecule has 0 radical (unpaired) electrons. The number of aromatic nitrogens is 2. The van der Waals surface area contributed by atoms with Gasteiger partial charge in [-0.1, -0.05) is 24.3 Å². The van der Waals surface area contributed by atoms with Gasteiger partial charge in [0.25, 0.3) is 0 Å². The number of hydrogen-bond acceptors (Lipinski definition) is 8. The number of benzene rings is 2. The van der Waals surface area contributed by atoms with Gasteiger partial charge in [0, 0.05) is 5.56 Å². The van der Waals surface area contributed by atoms with Gasteiger partial charge in [0.2, 0.25) is 15.9 Å². The average Bonchev–Trinajstić information content (AvgIpc) is 3.55. The van der Waals surface area contributed by atoms with Crippen LogP contribution in [0.5, 0.6) is 11.5 Å². The molecule has 2 heterocycles. The van der Waals surface area contributed by atoms with Crippen molar-refractivity contribution in [3.8, 4) is 22.8 Å². The van der Waals surface area contributed by atoms with E-state index in [2.05, 4.69) is 9.97 Å². The van der Waals surface area contributed by atoms with E-state index >= 15 is 0 Å². The van der Waals surface area contributed by atoms with E-state index in [-0.39, 0.29) is 18.7 Å². The van der Waals surface area contributed by atoms with Gasteiger partial charge < -0.3 is 24.9 Å². The van der Waals surface area contributed by atoms with Crippen molar-refractivity contribution in [3.63, 3.8) is 0 Å². The Labute approximate surface area is 250 Å². The highest BCUT2D eigenvalue weighted by atomic mass is 32.2. The van der Waals surface area contributed by atoms with Crippen molar-refractivity contribution in [2.45, 2.75) is 36.5 Å². The van der Waals surface area contributed by atoms with Gasteiger partial charge >= 0.3 is 24.2 Å². The molecule has 4 N–H and O–H groups in total. The Kier molecular flexibility index (Phi) is 10.4. The van der Waals surface area contributed by atoms with Crippen LogP contribution in [0.25, 0.3) is 11.3 Å². The van der Waals surface area contributed by atoms with Crippen molar-refractivity contribution in [2.24, 2.45) is 0 Å². The summed E-state index contributed by atoms with van der Waals surface area (Å²) in [6.07, 6.45) is -9.09. The van der Waals surface area contributed by atoms with Gasteiger partial charge in [-0.2, -0.15) is 26.3 Å². The Morgan fingerprint density at radius 3 is 2.11 bits per heavy atom. The van der Waals surface area contributed by atoms with Crippen LogP contribution < -0.4 is 19.5 Å². The maximum atomic E-state index is 13.1. The Morgan fingerprint density at radius 2 is 1.62 bits per heavy atom. The number of aromatic amines is 1. The molecule has 12 nitrogen and oxygen atoms in total. The first kappa shape index (κ1) is 34.7. The number of halogens is 6. The summed E-state index contributed by atoms with van der Waals surface area (Å²) in [5.41, 5.74) is 1.94. The smallest absolute Gasteiger partial charge is 0.490 e. The number of rotatable bonds is 8. The average molecular weight is 667 g/mol. The predicted octanol–water partition coefficient (Wildman–Crippen LogP) is 3.58. The fourth-order valence-electron chi connectivity index (χ4n) is 4.07. The molecule has 1 aliphatic rings. The van der Waals surface area contributed by atoms with Crippen LogP contribution in [0.1, 0.15) is 34.7 Å². The molecule has 1 aliphatic heterocycles. The van der Waals surface area contributed by atoms with Crippen LogP contribution in [0.4, 0.5) is 26.3 Å². The van der Waals surface area contributed by atoms with E-state index in [0.717, 1.165) is 0 Å². The summed E-state index contributed by atoms with van der Waals surface area (Å²) in [6.45, 7) is 0. The third-order valence-electron chi connectivity index (χ3n) is 6.22. The molecule has 2 atom stereocenters. The van der Waals surface area contributed by atoms with Crippen molar-refractivity contribution >= 4 is 27.8 Å². The molecule has 0 spiro atoms. The molecule has 2 aromatic carbocycles. The first-order chi connectivity index (χ1) is 20.8. The highest BCUT2D eigenvalue weighted by Gasteiger charge is 2.41. The minimum atomic E-state index is -5.11. The lowest BCUT2D eigenvalue weighted by Gasteiger charge is -2.18. The van der Waals surface area contributed by atoms with Gasteiger partial charge in [-0.15, -0.1) is 0 Å². The topological polar surface area (TPSA) is 177 Å². The second-order valence-electron chi connectivity index (χ2n) is 9.29. The fourth-order valence-corrected chi connectivity index (χ4v) is 5.50. The van der Waals surface area contributed by atoms with Crippen LogP contribution in [0, 0.1) is 0 Å². The molecule has 19 heteroatoms. The number of amides is 2. The molecule has 1 aromatic heterocycles. The summed E-state index contributed by atoms with van der Waals surface area (Å²) in [7, 11) is -0.903. The number of H-pyrrole nitrogens is 1. The van der Waals surface area contributed by atoms with Crippen molar-refractivity contribution in [2.75, 3.05) is 14.2 Å². The molecule has 1 fully saturated rings. The number of ether oxygens (including phenoxy) is 2. The second kappa shape index (κ2) is 13.4. The zero-order chi connectivity index (χ0) is 33.7. The van der Waals surface area contributed by atoms with E-state index in [1.165, 1.54) is 44.7 Å². The zero-order valence-corrected chi connectivity index (χ0v) is 23.9. The SMILES string of the molecule is COc1ccc(-c2cnc(C(Cc3ccc(C4CC(=O)NS4(=O)=O)cc3)NC(=O)C(F)(F)F)[nH]2)cc1OC.O=C(O)C(F)(F)F. The zero-order valence-electron chi connectivity index (χ0n) is 23.1. The molecule has 0 bridgehead atoms. The Morgan fingerprint density at radius 1 is 1.02 bits per heavy atom. The maximum absolute atomic E-state index is 13.1. The molecule has 0 aliphatic carbocycles. The summed E-state index contributed by atoms with van der Waals surface area (Å²) < 4.78 is 108. The number of methoxy groups -OCH3 is 2. The molecule has 4 rings (SSSR count). The molecule has 45 heavy (non-hydrogen) atoms. The van der Waals surface area contributed by atoms with Crippen LogP contribution in [0.15, 0.2) is 48.7 Å². The summed E-state index contributed by atoms with van der Waals surface area (Å²) in [6, 6.07) is 9.85. The minimum absolute atomic E-state index is 0.0737. The van der Waals surface area contributed by atoms with E-state index in [1.807, 2.05) is 10.0 Å². The van der Waals surface area contributed by atoms with Crippen molar-refractivity contribution in [1.82, 2.24) is 20.0 Å². The molecule has 1 saturated heterocycles. The van der Waals surface area contributed by atoms with E-state index < -0.39 is 51.5 Å². The normalized spacial score (nSPS) is 16.5. The lowest BCUT2D eigenvalue weighted by molar-refractivity contribution is -0.192. The first-order valence-corrected chi connectivity index (χ1v) is 14.0. The number of sulfonamides is 1. The summed E-state index contributed by atoms with van der Waals surface area (Å²) in [5, 5.41) is 8.03. The molecule has 2 unspecified atom stereocenters. The van der Waals surface area contributed by atoms with Crippen LogP contribution in [-0.4, -0.2) is 67.8 Å². The molecular formula is C26H24F6N4O8S. The molecular weight excluding hydrogens is 642 g/mol. The highest BCUT2D eigenvalue weighted by molar-refractivity contribution is 7.90. The van der Waals surface area contributed by atoms with E-state index in [9.17, 15) is 44.3 Å². The molecule has 0 saturated carbocycles. The largest absolute Gasteiger partial charge is 0.493 e. The molecule has 3 aromatic rings. The van der Waals surface area contributed by atoms with Gasteiger partial charge in [0.15, 0.2) is 11.5 Å². The number of aliphatic carboxylic acids is 1. The molecule has 2 amide bonds. The highest BCUT2D eigenvalue weighted by Crippen LogP contribution is 2.33. The maximum Gasteiger partial charge on any atom is 0.490 e. The van der Waals surface area contributed by atoms with Crippen molar-refractivity contribution in [3.05, 3.63) is 65.6 Å². The van der Waals surface area contributed by atoms with Gasteiger partial charge in [-0.05, 0) is 35.7 Å². The Balaban J connectivity index is 0.000000707. The number of nitrogens with zero attached hydrogens (tertiary/aromatic N) is 1. The van der Waals surface area contributed by atoms with E-state index in [1.54, 1.807) is 18.2 Å². The van der Waals surface area contributed by atoms with Gasteiger partial charge in [0.1, 0.15) is 11.1 Å². The fraction of sp³-hybridized carbons (Fsp3) is 0.308. The second-order valence-corrected chi connectivity index (χ2v) is 11.2.